The predicted octanol–water partition coefficient (Wildman–Crippen LogP) is 11.0. The number of unbranched alkanes of at least 4 members (excludes halogenated alkanes) is 22. The second-order valence-electron chi connectivity index (χ2n) is 13.0. The van der Waals surface area contributed by atoms with Gasteiger partial charge in [0.2, 0.25) is 0 Å². The quantitative estimate of drug-likeness (QED) is 0.0602. The van der Waals surface area contributed by atoms with Gasteiger partial charge < -0.3 is 14.6 Å². The molecule has 0 aromatic carbocycles. The van der Waals surface area contributed by atoms with Crippen LogP contribution >= 0.6 is 0 Å². The smallest absolute Gasteiger partial charge is 0.305 e. The van der Waals surface area contributed by atoms with Gasteiger partial charge in [-0.05, 0) is 18.8 Å². The Morgan fingerprint density at radius 3 is 1.14 bits per heavy atom. The van der Waals surface area contributed by atoms with Crippen LogP contribution < -0.4 is 0 Å². The molecule has 0 aromatic rings. The van der Waals surface area contributed by atoms with Gasteiger partial charge in [-0.2, -0.15) is 0 Å². The van der Waals surface area contributed by atoms with Crippen LogP contribution in [0.1, 0.15) is 201 Å². The Morgan fingerprint density at radius 1 is 0.500 bits per heavy atom. The highest BCUT2D eigenvalue weighted by atomic mass is 16.6. The molecule has 0 aromatic heterocycles. The van der Waals surface area contributed by atoms with Crippen molar-refractivity contribution in [3.05, 3.63) is 0 Å². The summed E-state index contributed by atoms with van der Waals surface area (Å²) >= 11 is 0. The molecule has 0 heterocycles. The molecule has 2 atom stereocenters. The first-order chi connectivity index (χ1) is 20.5. The van der Waals surface area contributed by atoms with E-state index in [1.807, 2.05) is 0 Å². The summed E-state index contributed by atoms with van der Waals surface area (Å²) in [6.45, 7) is 6.62. The van der Waals surface area contributed by atoms with Gasteiger partial charge in [-0.3, -0.25) is 9.59 Å². The van der Waals surface area contributed by atoms with Crippen LogP contribution in [0.15, 0.2) is 0 Å². The topological polar surface area (TPSA) is 72.8 Å². The standard InChI is InChI=1S/C37H72O5/c1-4-6-7-8-9-10-11-12-13-14-15-16-17-18-19-20-24-27-30-36(39)41-32-35(38)33-42-37(40)31-28-25-22-21-23-26-29-34(3)5-2/h34-35,38H,4-33H2,1-3H3/t34?,35-/m0/s1. The molecule has 0 saturated carbocycles. The highest BCUT2D eigenvalue weighted by molar-refractivity contribution is 5.69. The van der Waals surface area contributed by atoms with Gasteiger partial charge in [-0.15, -0.1) is 0 Å². The lowest BCUT2D eigenvalue weighted by Crippen LogP contribution is -2.25. The first-order valence-electron chi connectivity index (χ1n) is 18.5. The maximum atomic E-state index is 11.9. The molecule has 0 rings (SSSR count). The Balaban J connectivity index is 3.38. The maximum absolute atomic E-state index is 11.9. The van der Waals surface area contributed by atoms with Crippen molar-refractivity contribution >= 4 is 11.9 Å². The number of ether oxygens (including phenoxy) is 2. The molecule has 0 saturated heterocycles. The van der Waals surface area contributed by atoms with Crippen LogP contribution in [0.5, 0.6) is 0 Å². The van der Waals surface area contributed by atoms with Gasteiger partial charge in [0.25, 0.3) is 0 Å². The summed E-state index contributed by atoms with van der Waals surface area (Å²) in [7, 11) is 0. The molecule has 0 fully saturated rings. The molecule has 0 aliphatic heterocycles. The number of carbonyl (C=O) groups is 2. The van der Waals surface area contributed by atoms with Crippen LogP contribution in [0.4, 0.5) is 0 Å². The molecule has 1 N–H and O–H groups in total. The van der Waals surface area contributed by atoms with Crippen LogP contribution in [0.3, 0.4) is 0 Å². The minimum atomic E-state index is -0.955. The summed E-state index contributed by atoms with van der Waals surface area (Å²) in [5.41, 5.74) is 0. The molecule has 0 spiro atoms. The molecule has 0 amide bonds. The second kappa shape index (κ2) is 32.8. The molecule has 5 nitrogen and oxygen atoms in total. The molecule has 0 aliphatic rings. The van der Waals surface area contributed by atoms with Crippen LogP contribution in [0.2, 0.25) is 0 Å². The normalized spacial score (nSPS) is 12.8. The SMILES string of the molecule is CCCCCCCCCCCCCCCCCCCCC(=O)OC[C@H](O)COC(=O)CCCCCCCCC(C)CC. The third kappa shape index (κ3) is 31.8. The molecule has 42 heavy (non-hydrogen) atoms. The highest BCUT2D eigenvalue weighted by Crippen LogP contribution is 2.16. The van der Waals surface area contributed by atoms with Crippen molar-refractivity contribution in [1.82, 2.24) is 0 Å². The molecule has 0 bridgehead atoms. The van der Waals surface area contributed by atoms with Crippen LogP contribution in [-0.4, -0.2) is 36.4 Å². The van der Waals surface area contributed by atoms with Crippen molar-refractivity contribution in [2.24, 2.45) is 5.92 Å². The van der Waals surface area contributed by atoms with E-state index in [1.165, 1.54) is 135 Å². The van der Waals surface area contributed by atoms with E-state index in [2.05, 4.69) is 20.8 Å². The summed E-state index contributed by atoms with van der Waals surface area (Å²) in [6.07, 6.45) is 33.0. The number of rotatable bonds is 33. The number of hydrogen-bond acceptors (Lipinski definition) is 5. The van der Waals surface area contributed by atoms with Crippen LogP contribution in [0, 0.1) is 5.92 Å². The third-order valence-corrected chi connectivity index (χ3v) is 8.63. The number of aliphatic hydroxyl groups is 1. The van der Waals surface area contributed by atoms with Crippen molar-refractivity contribution in [2.75, 3.05) is 13.2 Å². The average Bonchev–Trinajstić information content (AvgIpc) is 2.99. The lowest BCUT2D eigenvalue weighted by molar-refractivity contribution is -0.152. The van der Waals surface area contributed by atoms with Crippen molar-refractivity contribution in [3.8, 4) is 0 Å². The fourth-order valence-electron chi connectivity index (χ4n) is 5.42. The fraction of sp³-hybridized carbons (Fsp3) is 0.946. The van der Waals surface area contributed by atoms with Crippen LogP contribution in [-0.2, 0) is 19.1 Å². The Bertz CT molecular complexity index is 579. The molecule has 5 heteroatoms. The summed E-state index contributed by atoms with van der Waals surface area (Å²) in [6, 6.07) is 0. The summed E-state index contributed by atoms with van der Waals surface area (Å²) in [5.74, 6) is 0.272. The zero-order chi connectivity index (χ0) is 30.9. The van der Waals surface area contributed by atoms with E-state index >= 15 is 0 Å². The van der Waals surface area contributed by atoms with E-state index in [1.54, 1.807) is 0 Å². The molecule has 250 valence electrons. The van der Waals surface area contributed by atoms with Crippen molar-refractivity contribution in [3.63, 3.8) is 0 Å². The van der Waals surface area contributed by atoms with Gasteiger partial charge in [0.05, 0.1) is 0 Å². The first-order valence-corrected chi connectivity index (χ1v) is 18.5. The van der Waals surface area contributed by atoms with E-state index in [4.69, 9.17) is 9.47 Å². The summed E-state index contributed by atoms with van der Waals surface area (Å²) < 4.78 is 10.3. The number of aliphatic hydroxyl groups excluding tert-OH is 1. The summed E-state index contributed by atoms with van der Waals surface area (Å²) in [5, 5.41) is 9.97. The fourth-order valence-corrected chi connectivity index (χ4v) is 5.42. The van der Waals surface area contributed by atoms with Gasteiger partial charge in [0.15, 0.2) is 0 Å². The van der Waals surface area contributed by atoms with Gasteiger partial charge in [-0.1, -0.05) is 175 Å². The number of esters is 2. The lowest BCUT2D eigenvalue weighted by Gasteiger charge is -2.12. The molecular weight excluding hydrogens is 524 g/mol. The Kier molecular flexibility index (Phi) is 31.9. The molecule has 0 aliphatic carbocycles. The van der Waals surface area contributed by atoms with Gasteiger partial charge in [0, 0.05) is 12.8 Å². The zero-order valence-electron chi connectivity index (χ0n) is 28.4. The monoisotopic (exact) mass is 597 g/mol. The first kappa shape index (κ1) is 40.9. The van der Waals surface area contributed by atoms with E-state index in [0.717, 1.165) is 38.0 Å². The zero-order valence-corrected chi connectivity index (χ0v) is 28.4. The third-order valence-electron chi connectivity index (χ3n) is 8.63. The minimum Gasteiger partial charge on any atom is -0.463 e. The van der Waals surface area contributed by atoms with Crippen molar-refractivity contribution in [1.29, 1.82) is 0 Å². The number of hydrogen-bond donors (Lipinski definition) is 1. The number of carbonyl (C=O) groups excluding carboxylic acids is 2. The van der Waals surface area contributed by atoms with Crippen LogP contribution in [0.25, 0.3) is 0 Å². The molecule has 1 unspecified atom stereocenters. The van der Waals surface area contributed by atoms with Crippen molar-refractivity contribution in [2.45, 2.75) is 207 Å². The van der Waals surface area contributed by atoms with Gasteiger partial charge >= 0.3 is 11.9 Å². The minimum absolute atomic E-state index is 0.109. The summed E-state index contributed by atoms with van der Waals surface area (Å²) in [4.78, 5) is 23.8. The Hall–Kier alpha value is -1.10. The average molecular weight is 597 g/mol. The van der Waals surface area contributed by atoms with Crippen molar-refractivity contribution < 1.29 is 24.2 Å². The maximum Gasteiger partial charge on any atom is 0.305 e. The molecule has 0 radical (unpaired) electrons. The Morgan fingerprint density at radius 2 is 0.810 bits per heavy atom. The van der Waals surface area contributed by atoms with Gasteiger partial charge in [0.1, 0.15) is 19.3 Å². The largest absolute Gasteiger partial charge is 0.463 e. The molecular formula is C37H72O5. The second-order valence-corrected chi connectivity index (χ2v) is 13.0. The Labute approximate surface area is 261 Å². The predicted molar refractivity (Wildman–Crippen MR) is 178 cm³/mol. The van der Waals surface area contributed by atoms with E-state index < -0.39 is 6.10 Å². The van der Waals surface area contributed by atoms with E-state index in [0.29, 0.717) is 12.8 Å². The highest BCUT2D eigenvalue weighted by Gasteiger charge is 2.12. The van der Waals surface area contributed by atoms with Gasteiger partial charge in [-0.25, -0.2) is 0 Å². The lowest BCUT2D eigenvalue weighted by atomic mass is 10.00. The van der Waals surface area contributed by atoms with E-state index in [-0.39, 0.29) is 25.2 Å². The van der Waals surface area contributed by atoms with E-state index in [9.17, 15) is 14.7 Å².